The van der Waals surface area contributed by atoms with Gasteiger partial charge in [-0.15, -0.1) is 0 Å². The zero-order valence-corrected chi connectivity index (χ0v) is 11.8. The maximum Gasteiger partial charge on any atom is 0.254 e. The molecule has 1 aliphatic heterocycles. The van der Waals surface area contributed by atoms with Crippen molar-refractivity contribution in [3.8, 4) is 0 Å². The van der Waals surface area contributed by atoms with Gasteiger partial charge in [-0.1, -0.05) is 29.8 Å². The molecule has 2 amide bonds. The number of carbonyl (C=O) groups excluding carboxylic acids is 2. The number of nitrogens with one attached hydrogen (secondary N) is 1. The Balaban J connectivity index is 1.92. The molecular weight excluding hydrogens is 290 g/mol. The number of nitrogens with zero attached hydrogens (tertiary/aromatic N) is 2. The van der Waals surface area contributed by atoms with Gasteiger partial charge in [0, 0.05) is 24.0 Å². The highest BCUT2D eigenvalue weighted by Crippen LogP contribution is 2.21. The molecule has 0 aliphatic carbocycles. The second kappa shape index (κ2) is 5.54. The maximum absolute atomic E-state index is 12.5. The summed E-state index contributed by atoms with van der Waals surface area (Å²) in [6.45, 7) is 0.376. The van der Waals surface area contributed by atoms with Crippen LogP contribution in [0.15, 0.2) is 42.6 Å². The molecule has 1 aromatic carbocycles. The molecule has 2 heterocycles. The first kappa shape index (κ1) is 13.6. The van der Waals surface area contributed by atoms with Crippen LogP contribution < -0.4 is 5.32 Å². The Morgan fingerprint density at radius 1 is 1.24 bits per heavy atom. The van der Waals surface area contributed by atoms with Gasteiger partial charge in [0.15, 0.2) is 0 Å². The van der Waals surface area contributed by atoms with Crippen molar-refractivity contribution < 1.29 is 9.59 Å². The average molecular weight is 302 g/mol. The topological polar surface area (TPSA) is 62.3 Å². The fourth-order valence-electron chi connectivity index (χ4n) is 2.27. The van der Waals surface area contributed by atoms with E-state index in [0.717, 1.165) is 11.3 Å². The van der Waals surface area contributed by atoms with Gasteiger partial charge < -0.3 is 10.2 Å². The Hall–Kier alpha value is -2.40. The van der Waals surface area contributed by atoms with E-state index >= 15 is 0 Å². The summed E-state index contributed by atoms with van der Waals surface area (Å²) in [6, 6.07) is 10.5. The molecule has 2 aromatic rings. The molecule has 0 saturated carbocycles. The molecule has 21 heavy (non-hydrogen) atoms. The summed E-state index contributed by atoms with van der Waals surface area (Å²) in [5, 5.41) is 3.05. The first-order chi connectivity index (χ1) is 10.1. The van der Waals surface area contributed by atoms with E-state index in [1.165, 1.54) is 17.2 Å². The quantitative estimate of drug-likeness (QED) is 0.822. The predicted molar refractivity (Wildman–Crippen MR) is 79.1 cm³/mol. The van der Waals surface area contributed by atoms with Crippen LogP contribution in [0.1, 0.15) is 15.9 Å². The molecule has 6 heteroatoms. The fourth-order valence-corrected chi connectivity index (χ4v) is 2.44. The van der Waals surface area contributed by atoms with E-state index in [1.807, 2.05) is 24.3 Å². The monoisotopic (exact) mass is 301 g/mol. The summed E-state index contributed by atoms with van der Waals surface area (Å²) in [5.74, 6) is -0.459. The highest BCUT2D eigenvalue weighted by Gasteiger charge is 2.24. The van der Waals surface area contributed by atoms with Crippen molar-refractivity contribution in [1.82, 2.24) is 9.88 Å². The smallest absolute Gasteiger partial charge is 0.254 e. The number of hydrogen-bond donors (Lipinski definition) is 1. The van der Waals surface area contributed by atoms with Crippen molar-refractivity contribution >= 4 is 29.1 Å². The Bertz CT molecular complexity index is 718. The molecule has 3 rings (SSSR count). The van der Waals surface area contributed by atoms with E-state index in [9.17, 15) is 9.59 Å². The van der Waals surface area contributed by atoms with Gasteiger partial charge >= 0.3 is 0 Å². The van der Waals surface area contributed by atoms with Gasteiger partial charge in [0.25, 0.3) is 5.91 Å². The third-order valence-electron chi connectivity index (χ3n) is 3.25. The second-order valence-electron chi connectivity index (χ2n) is 4.73. The van der Waals surface area contributed by atoms with Crippen LogP contribution in [-0.2, 0) is 11.3 Å². The van der Waals surface area contributed by atoms with Crippen molar-refractivity contribution in [1.29, 1.82) is 0 Å². The van der Waals surface area contributed by atoms with Crippen LogP contribution in [0, 0.1) is 0 Å². The number of aromatic nitrogens is 1. The lowest BCUT2D eigenvalue weighted by atomic mass is 10.1. The Morgan fingerprint density at radius 3 is 2.86 bits per heavy atom. The maximum atomic E-state index is 12.5. The minimum absolute atomic E-state index is 0.00740. The van der Waals surface area contributed by atoms with E-state index in [2.05, 4.69) is 10.3 Å². The first-order valence-electron chi connectivity index (χ1n) is 6.42. The van der Waals surface area contributed by atoms with Crippen LogP contribution >= 0.6 is 11.6 Å². The first-order valence-corrected chi connectivity index (χ1v) is 6.80. The van der Waals surface area contributed by atoms with Gasteiger partial charge in [0.1, 0.15) is 11.7 Å². The zero-order chi connectivity index (χ0) is 14.8. The standard InChI is InChI=1S/C15H12ClN3O2/c16-13-7-10(5-6-17-13)15(21)19-8-11-3-1-2-4-12(11)18-14(20)9-19/h1-7H,8-9H2,(H,18,20). The van der Waals surface area contributed by atoms with Gasteiger partial charge in [-0.05, 0) is 23.8 Å². The van der Waals surface area contributed by atoms with Gasteiger partial charge in [-0.3, -0.25) is 9.59 Å². The van der Waals surface area contributed by atoms with Crippen LogP contribution in [0.2, 0.25) is 5.15 Å². The molecule has 0 atom stereocenters. The summed E-state index contributed by atoms with van der Waals surface area (Å²) in [7, 11) is 0. The highest BCUT2D eigenvalue weighted by atomic mass is 35.5. The van der Waals surface area contributed by atoms with E-state index < -0.39 is 0 Å². The molecule has 0 unspecified atom stereocenters. The highest BCUT2D eigenvalue weighted by molar-refractivity contribution is 6.29. The number of amides is 2. The normalized spacial score (nSPS) is 14.1. The molecule has 1 aliphatic rings. The number of fused-ring (bicyclic) bond motifs is 1. The van der Waals surface area contributed by atoms with Crippen LogP contribution in [-0.4, -0.2) is 28.2 Å². The number of hydrogen-bond acceptors (Lipinski definition) is 3. The SMILES string of the molecule is O=C1CN(C(=O)c2ccnc(Cl)c2)Cc2ccccc2N1. The van der Waals surface area contributed by atoms with Gasteiger partial charge in [-0.2, -0.15) is 0 Å². The molecule has 1 N–H and O–H groups in total. The lowest BCUT2D eigenvalue weighted by Gasteiger charge is -2.19. The predicted octanol–water partition coefficient (Wildman–Crippen LogP) is 2.33. The van der Waals surface area contributed by atoms with Crippen molar-refractivity contribution in [2.24, 2.45) is 0 Å². The van der Waals surface area contributed by atoms with Crippen molar-refractivity contribution in [2.45, 2.75) is 6.54 Å². The van der Waals surface area contributed by atoms with E-state index in [4.69, 9.17) is 11.6 Å². The molecule has 0 spiro atoms. The van der Waals surface area contributed by atoms with Gasteiger partial charge in [0.05, 0.1) is 0 Å². The Labute approximate surface area is 126 Å². The summed E-state index contributed by atoms with van der Waals surface area (Å²) < 4.78 is 0. The molecule has 0 fully saturated rings. The minimum atomic E-state index is -0.244. The van der Waals surface area contributed by atoms with Gasteiger partial charge in [0.2, 0.25) is 5.91 Å². The minimum Gasteiger partial charge on any atom is -0.325 e. The van der Waals surface area contributed by atoms with Crippen LogP contribution in [0.5, 0.6) is 0 Å². The Kier molecular flexibility index (Phi) is 3.58. The number of carbonyl (C=O) groups is 2. The van der Waals surface area contributed by atoms with E-state index in [-0.39, 0.29) is 23.5 Å². The van der Waals surface area contributed by atoms with E-state index in [1.54, 1.807) is 6.07 Å². The number of para-hydroxylation sites is 1. The molecule has 0 bridgehead atoms. The van der Waals surface area contributed by atoms with Crippen LogP contribution in [0.4, 0.5) is 5.69 Å². The van der Waals surface area contributed by atoms with Crippen molar-refractivity contribution in [3.63, 3.8) is 0 Å². The van der Waals surface area contributed by atoms with Crippen molar-refractivity contribution in [2.75, 3.05) is 11.9 Å². The lowest BCUT2D eigenvalue weighted by Crippen LogP contribution is -2.35. The number of benzene rings is 1. The molecule has 5 nitrogen and oxygen atoms in total. The molecular formula is C15H12ClN3O2. The number of anilines is 1. The van der Waals surface area contributed by atoms with E-state index in [0.29, 0.717) is 12.1 Å². The number of rotatable bonds is 1. The van der Waals surface area contributed by atoms with Gasteiger partial charge in [-0.25, -0.2) is 4.98 Å². The van der Waals surface area contributed by atoms with Crippen molar-refractivity contribution in [3.05, 3.63) is 58.9 Å². The second-order valence-corrected chi connectivity index (χ2v) is 5.12. The molecule has 0 radical (unpaired) electrons. The van der Waals surface area contributed by atoms with Crippen LogP contribution in [0.25, 0.3) is 0 Å². The number of halogens is 1. The zero-order valence-electron chi connectivity index (χ0n) is 11.0. The summed E-state index contributed by atoms with van der Waals surface area (Å²) >= 11 is 5.81. The van der Waals surface area contributed by atoms with Crippen LogP contribution in [0.3, 0.4) is 0 Å². The number of pyridine rings is 1. The third-order valence-corrected chi connectivity index (χ3v) is 3.45. The molecule has 0 saturated heterocycles. The molecule has 1 aromatic heterocycles. The Morgan fingerprint density at radius 2 is 2.05 bits per heavy atom. The lowest BCUT2D eigenvalue weighted by molar-refractivity contribution is -0.116. The largest absolute Gasteiger partial charge is 0.325 e. The third kappa shape index (κ3) is 2.87. The summed E-state index contributed by atoms with van der Waals surface area (Å²) in [4.78, 5) is 29.8. The average Bonchev–Trinajstić information content (AvgIpc) is 2.64. The molecule has 106 valence electrons. The summed E-state index contributed by atoms with van der Waals surface area (Å²) in [5.41, 5.74) is 2.06. The fraction of sp³-hybridized carbons (Fsp3) is 0.133. The summed E-state index contributed by atoms with van der Waals surface area (Å²) in [6.07, 6.45) is 1.47.